The summed E-state index contributed by atoms with van der Waals surface area (Å²) in [5.74, 6) is 0. The summed E-state index contributed by atoms with van der Waals surface area (Å²) in [7, 11) is -3.56. The first-order chi connectivity index (χ1) is 8.08. The zero-order chi connectivity index (χ0) is 12.3. The summed E-state index contributed by atoms with van der Waals surface area (Å²) in [5.41, 5.74) is -0.330. The molecule has 0 aromatic carbocycles. The van der Waals surface area contributed by atoms with Gasteiger partial charge >= 0.3 is 0 Å². The Morgan fingerprint density at radius 3 is 2.88 bits per heavy atom. The van der Waals surface area contributed by atoms with E-state index < -0.39 is 10.0 Å². The van der Waals surface area contributed by atoms with Gasteiger partial charge < -0.3 is 9.72 Å². The van der Waals surface area contributed by atoms with Gasteiger partial charge in [0.15, 0.2) is 0 Å². The summed E-state index contributed by atoms with van der Waals surface area (Å²) < 4.78 is 31.4. The Kier molecular flexibility index (Phi) is 3.60. The Bertz CT molecular complexity index is 511. The Balaban J connectivity index is 2.02. The van der Waals surface area contributed by atoms with Crippen molar-refractivity contribution in [3.05, 3.63) is 28.7 Å². The molecule has 6 nitrogen and oxygen atoms in total. The molecule has 2 heterocycles. The van der Waals surface area contributed by atoms with Crippen LogP contribution in [0.15, 0.2) is 28.0 Å². The van der Waals surface area contributed by atoms with Crippen molar-refractivity contribution in [2.45, 2.75) is 23.8 Å². The Morgan fingerprint density at radius 2 is 2.29 bits per heavy atom. The predicted molar refractivity (Wildman–Crippen MR) is 61.2 cm³/mol. The molecule has 1 saturated heterocycles. The molecule has 1 aromatic rings. The van der Waals surface area contributed by atoms with E-state index in [2.05, 4.69) is 9.71 Å². The van der Waals surface area contributed by atoms with Gasteiger partial charge in [0.2, 0.25) is 15.6 Å². The molecule has 1 aliphatic heterocycles. The van der Waals surface area contributed by atoms with Gasteiger partial charge in [0.05, 0.1) is 11.0 Å². The highest BCUT2D eigenvalue weighted by Gasteiger charge is 2.20. The largest absolute Gasteiger partial charge is 0.377 e. The van der Waals surface area contributed by atoms with Crippen molar-refractivity contribution in [2.75, 3.05) is 13.2 Å². The first kappa shape index (κ1) is 12.3. The molecule has 0 radical (unpaired) electrons. The maximum Gasteiger partial charge on any atom is 0.247 e. The third-order valence-electron chi connectivity index (χ3n) is 2.59. The van der Waals surface area contributed by atoms with Crippen LogP contribution in [0.3, 0.4) is 0 Å². The topological polar surface area (TPSA) is 88.3 Å². The second-order valence-corrected chi connectivity index (χ2v) is 5.64. The van der Waals surface area contributed by atoms with Gasteiger partial charge in [0.1, 0.15) is 0 Å². The third kappa shape index (κ3) is 3.15. The van der Waals surface area contributed by atoms with E-state index in [4.69, 9.17) is 4.74 Å². The SMILES string of the molecule is O=c1ccc(S(=O)(=O)NC[C@@H]2CCCO2)c[nH]1. The molecular weight excluding hydrogens is 244 g/mol. The lowest BCUT2D eigenvalue weighted by Crippen LogP contribution is -2.32. The molecule has 0 aliphatic carbocycles. The standard InChI is InChI=1S/C10H14N2O4S/c13-10-4-3-9(7-11-10)17(14,15)12-6-8-2-1-5-16-8/h3-4,7-8,12H,1-2,5-6H2,(H,11,13)/t8-/m0/s1. The number of rotatable bonds is 4. The van der Waals surface area contributed by atoms with Crippen molar-refractivity contribution in [2.24, 2.45) is 0 Å². The van der Waals surface area contributed by atoms with Crippen LogP contribution in [-0.2, 0) is 14.8 Å². The first-order valence-electron chi connectivity index (χ1n) is 5.38. The van der Waals surface area contributed by atoms with E-state index >= 15 is 0 Å². The number of sulfonamides is 1. The second kappa shape index (κ2) is 4.99. The first-order valence-corrected chi connectivity index (χ1v) is 6.86. The van der Waals surface area contributed by atoms with Crippen molar-refractivity contribution < 1.29 is 13.2 Å². The Labute approximate surface area is 99.1 Å². The average Bonchev–Trinajstić information content (AvgIpc) is 2.80. The molecule has 17 heavy (non-hydrogen) atoms. The molecule has 0 amide bonds. The lowest BCUT2D eigenvalue weighted by Gasteiger charge is -2.10. The summed E-state index contributed by atoms with van der Waals surface area (Å²) >= 11 is 0. The minimum Gasteiger partial charge on any atom is -0.377 e. The molecule has 1 fully saturated rings. The molecule has 0 bridgehead atoms. The monoisotopic (exact) mass is 258 g/mol. The highest BCUT2D eigenvalue weighted by Crippen LogP contribution is 2.12. The number of ether oxygens (including phenoxy) is 1. The Morgan fingerprint density at radius 1 is 1.47 bits per heavy atom. The van der Waals surface area contributed by atoms with Crippen molar-refractivity contribution in [3.8, 4) is 0 Å². The summed E-state index contributed by atoms with van der Waals surface area (Å²) in [6, 6.07) is 2.46. The third-order valence-corrected chi connectivity index (χ3v) is 4.01. The summed E-state index contributed by atoms with van der Waals surface area (Å²) in [4.78, 5) is 13.2. The Hall–Kier alpha value is -1.18. The van der Waals surface area contributed by atoms with Crippen LogP contribution < -0.4 is 10.3 Å². The van der Waals surface area contributed by atoms with E-state index in [-0.39, 0.29) is 23.1 Å². The molecule has 2 N–H and O–H groups in total. The van der Waals surface area contributed by atoms with E-state index in [1.165, 1.54) is 18.3 Å². The van der Waals surface area contributed by atoms with Gasteiger partial charge in [-0.1, -0.05) is 0 Å². The minimum atomic E-state index is -3.56. The van der Waals surface area contributed by atoms with Crippen LogP contribution in [0.2, 0.25) is 0 Å². The number of hydrogen-bond acceptors (Lipinski definition) is 4. The van der Waals surface area contributed by atoms with Crippen LogP contribution in [-0.4, -0.2) is 32.7 Å². The predicted octanol–water partition coefficient (Wildman–Crippen LogP) is -0.168. The average molecular weight is 258 g/mol. The number of hydrogen-bond donors (Lipinski definition) is 2. The van der Waals surface area contributed by atoms with Crippen molar-refractivity contribution in [1.82, 2.24) is 9.71 Å². The fourth-order valence-corrected chi connectivity index (χ4v) is 2.69. The van der Waals surface area contributed by atoms with Crippen LogP contribution in [0.1, 0.15) is 12.8 Å². The fourth-order valence-electron chi connectivity index (χ4n) is 1.65. The summed E-state index contributed by atoms with van der Waals surface area (Å²) in [6.45, 7) is 0.951. The molecule has 0 unspecified atom stereocenters. The second-order valence-electron chi connectivity index (χ2n) is 3.88. The quantitative estimate of drug-likeness (QED) is 0.785. The van der Waals surface area contributed by atoms with E-state index in [1.807, 2.05) is 0 Å². The van der Waals surface area contributed by atoms with E-state index in [0.717, 1.165) is 12.8 Å². The van der Waals surface area contributed by atoms with E-state index in [0.29, 0.717) is 6.61 Å². The molecule has 2 rings (SSSR count). The van der Waals surface area contributed by atoms with Gasteiger partial charge in [0.25, 0.3) is 0 Å². The summed E-state index contributed by atoms with van der Waals surface area (Å²) in [5, 5.41) is 0. The number of aromatic amines is 1. The molecule has 94 valence electrons. The van der Waals surface area contributed by atoms with Gasteiger partial charge in [0, 0.05) is 25.4 Å². The zero-order valence-electron chi connectivity index (χ0n) is 9.18. The normalized spacial score (nSPS) is 20.6. The molecule has 0 saturated carbocycles. The zero-order valence-corrected chi connectivity index (χ0v) is 10.00. The molecular formula is C10H14N2O4S. The fraction of sp³-hybridized carbons (Fsp3) is 0.500. The smallest absolute Gasteiger partial charge is 0.247 e. The van der Waals surface area contributed by atoms with Crippen LogP contribution >= 0.6 is 0 Å². The highest BCUT2D eigenvalue weighted by molar-refractivity contribution is 7.89. The molecule has 0 spiro atoms. The van der Waals surface area contributed by atoms with Gasteiger partial charge in [-0.3, -0.25) is 4.79 Å². The molecule has 7 heteroatoms. The van der Waals surface area contributed by atoms with Crippen LogP contribution in [0.25, 0.3) is 0 Å². The van der Waals surface area contributed by atoms with Gasteiger partial charge in [-0.15, -0.1) is 0 Å². The lowest BCUT2D eigenvalue weighted by atomic mass is 10.2. The maximum atomic E-state index is 11.8. The number of pyridine rings is 1. The van der Waals surface area contributed by atoms with E-state index in [1.54, 1.807) is 0 Å². The maximum absolute atomic E-state index is 11.8. The number of nitrogens with one attached hydrogen (secondary N) is 2. The number of aromatic nitrogens is 1. The lowest BCUT2D eigenvalue weighted by molar-refractivity contribution is 0.114. The van der Waals surface area contributed by atoms with Crippen LogP contribution in [0.5, 0.6) is 0 Å². The van der Waals surface area contributed by atoms with Crippen LogP contribution in [0.4, 0.5) is 0 Å². The van der Waals surface area contributed by atoms with Gasteiger partial charge in [-0.05, 0) is 18.9 Å². The number of H-pyrrole nitrogens is 1. The van der Waals surface area contributed by atoms with Crippen molar-refractivity contribution in [3.63, 3.8) is 0 Å². The van der Waals surface area contributed by atoms with Crippen molar-refractivity contribution in [1.29, 1.82) is 0 Å². The van der Waals surface area contributed by atoms with E-state index in [9.17, 15) is 13.2 Å². The molecule has 1 atom stereocenters. The van der Waals surface area contributed by atoms with Crippen LogP contribution in [0, 0.1) is 0 Å². The minimum absolute atomic E-state index is 0.0486. The highest BCUT2D eigenvalue weighted by atomic mass is 32.2. The van der Waals surface area contributed by atoms with Gasteiger partial charge in [-0.25, -0.2) is 13.1 Å². The molecule has 1 aliphatic rings. The summed E-state index contributed by atoms with van der Waals surface area (Å²) in [6.07, 6.45) is 2.96. The molecule has 1 aromatic heterocycles. The van der Waals surface area contributed by atoms with Crippen molar-refractivity contribution >= 4 is 10.0 Å². The van der Waals surface area contributed by atoms with Gasteiger partial charge in [-0.2, -0.15) is 0 Å².